The highest BCUT2D eigenvalue weighted by Gasteiger charge is 2.31. The van der Waals surface area contributed by atoms with Crippen LogP contribution in [0.15, 0.2) is 259 Å². The van der Waals surface area contributed by atoms with Gasteiger partial charge in [-0.05, 0) is 105 Å². The number of hydrogen-bond donors (Lipinski definition) is 0. The number of para-hydroxylation sites is 1. The highest BCUT2D eigenvalue weighted by molar-refractivity contribution is 6.24. The quantitative estimate of drug-likeness (QED) is 0.138. The summed E-state index contributed by atoms with van der Waals surface area (Å²) in [7, 11) is 0. The number of aliphatic imine (C=N–C) groups is 1. The highest BCUT2D eigenvalue weighted by atomic mass is 15.0. The van der Waals surface area contributed by atoms with Gasteiger partial charge in [-0.15, -0.1) is 0 Å². The van der Waals surface area contributed by atoms with Crippen molar-refractivity contribution in [1.82, 2.24) is 4.57 Å². The molecular formula is C65H50N2. The van der Waals surface area contributed by atoms with Crippen LogP contribution >= 0.6 is 0 Å². The maximum atomic E-state index is 5.41. The molecule has 0 radical (unpaired) electrons. The molecule has 2 aliphatic carbocycles. The van der Waals surface area contributed by atoms with Gasteiger partial charge in [0.25, 0.3) is 0 Å². The van der Waals surface area contributed by atoms with Crippen LogP contribution in [0.3, 0.4) is 0 Å². The third-order valence-corrected chi connectivity index (χ3v) is 14.0. The van der Waals surface area contributed by atoms with Crippen LogP contribution in [0.4, 0.5) is 0 Å². The zero-order chi connectivity index (χ0) is 44.5. The van der Waals surface area contributed by atoms with E-state index in [1.165, 1.54) is 83.0 Å². The lowest BCUT2D eigenvalue weighted by Gasteiger charge is -2.27. The summed E-state index contributed by atoms with van der Waals surface area (Å²) < 4.78 is 2.58. The molecule has 2 nitrogen and oxygen atoms in total. The van der Waals surface area contributed by atoms with Crippen LogP contribution in [0, 0.1) is 0 Å². The molecule has 3 atom stereocenters. The lowest BCUT2D eigenvalue weighted by atomic mass is 9.76. The number of benzene rings is 8. The molecule has 1 aliphatic heterocycles. The van der Waals surface area contributed by atoms with Gasteiger partial charge in [0, 0.05) is 33.9 Å². The van der Waals surface area contributed by atoms with E-state index < -0.39 is 0 Å². The summed E-state index contributed by atoms with van der Waals surface area (Å²) in [6.07, 6.45) is 21.4. The fraction of sp³-hybridized carbons (Fsp3) is 0.0923. The number of hydrogen-bond acceptors (Lipinski definition) is 1. The van der Waals surface area contributed by atoms with Crippen LogP contribution in [0.2, 0.25) is 0 Å². The molecule has 0 fully saturated rings. The molecule has 1 aromatic heterocycles. The number of aromatic nitrogens is 1. The molecule has 9 aromatic rings. The second-order valence-corrected chi connectivity index (χ2v) is 18.0. The molecule has 8 aromatic carbocycles. The third kappa shape index (κ3) is 7.55. The Kier molecular flexibility index (Phi) is 10.7. The van der Waals surface area contributed by atoms with Crippen molar-refractivity contribution in [3.63, 3.8) is 0 Å². The van der Waals surface area contributed by atoms with Crippen molar-refractivity contribution >= 4 is 33.1 Å². The van der Waals surface area contributed by atoms with E-state index in [1.54, 1.807) is 0 Å². The Bertz CT molecular complexity index is 3440. The average molecular weight is 859 g/mol. The maximum absolute atomic E-state index is 5.41. The van der Waals surface area contributed by atoms with E-state index in [0.717, 1.165) is 36.2 Å². The fourth-order valence-electron chi connectivity index (χ4n) is 10.9. The summed E-state index contributed by atoms with van der Waals surface area (Å²) in [5.41, 5.74) is 19.9. The van der Waals surface area contributed by atoms with Crippen LogP contribution < -0.4 is 0 Å². The van der Waals surface area contributed by atoms with Gasteiger partial charge in [0.2, 0.25) is 0 Å². The minimum Gasteiger partial charge on any atom is -0.309 e. The second-order valence-electron chi connectivity index (χ2n) is 18.0. The Hall–Kier alpha value is -8.07. The highest BCUT2D eigenvalue weighted by Crippen LogP contribution is 2.54. The van der Waals surface area contributed by atoms with Crippen LogP contribution in [0.25, 0.3) is 66.4 Å². The number of rotatable bonds is 9. The fourth-order valence-corrected chi connectivity index (χ4v) is 10.9. The van der Waals surface area contributed by atoms with Gasteiger partial charge in [0.1, 0.15) is 0 Å². The Labute approximate surface area is 393 Å². The van der Waals surface area contributed by atoms with Gasteiger partial charge in [-0.3, -0.25) is 4.99 Å². The van der Waals surface area contributed by atoms with E-state index in [4.69, 9.17) is 4.99 Å². The summed E-state index contributed by atoms with van der Waals surface area (Å²) >= 11 is 0. The minimum absolute atomic E-state index is 0.0472. The van der Waals surface area contributed by atoms with E-state index in [2.05, 4.69) is 253 Å². The van der Waals surface area contributed by atoms with Crippen molar-refractivity contribution in [3.8, 4) is 39.1 Å². The summed E-state index contributed by atoms with van der Waals surface area (Å²) in [5.74, 6) is 0.391. The number of fused-ring (bicyclic) bond motifs is 3. The third-order valence-electron chi connectivity index (χ3n) is 14.0. The minimum atomic E-state index is 0.0472. The summed E-state index contributed by atoms with van der Waals surface area (Å²) in [5, 5.41) is 2.53. The molecule has 0 spiro atoms. The normalized spacial score (nSPS) is 17.9. The average Bonchev–Trinajstić information content (AvgIpc) is 3.76. The Balaban J connectivity index is 1.06. The zero-order valence-electron chi connectivity index (χ0n) is 37.4. The summed E-state index contributed by atoms with van der Waals surface area (Å²) in [6, 6.07) is 73.2. The number of nitrogens with zero attached hydrogens (tertiary/aromatic N) is 2. The molecule has 0 saturated carbocycles. The first-order valence-electron chi connectivity index (χ1n) is 23.8. The molecule has 67 heavy (non-hydrogen) atoms. The predicted molar refractivity (Wildman–Crippen MR) is 283 cm³/mol. The zero-order valence-corrected chi connectivity index (χ0v) is 37.4. The predicted octanol–water partition coefficient (Wildman–Crippen LogP) is 16.7. The van der Waals surface area contributed by atoms with Gasteiger partial charge in [0.15, 0.2) is 0 Å². The number of dihydropyridines is 1. The standard InChI is InChI=1S/C65H50N2/c1-8-22-45(23-9-1)54-42-57(47-24-10-2-11-25-47)66-58(43-54)48-38-36-46(37-39-48)53-40-41-56-59(44-53)67(55-34-20-7-21-35-55)65-63(52-32-18-6-19-33-52)61(50-28-14-4-15-29-50)60(49-26-12-3-13-27-49)62(64(56)65)51-30-16-5-17-31-51/h1-28,30-36,38-42,44,46,50,58H,29,37,43H2. The topological polar surface area (TPSA) is 17.3 Å². The molecule has 0 bridgehead atoms. The van der Waals surface area contributed by atoms with Crippen molar-refractivity contribution < 1.29 is 0 Å². The van der Waals surface area contributed by atoms with E-state index >= 15 is 0 Å². The van der Waals surface area contributed by atoms with E-state index in [9.17, 15) is 0 Å². The molecule has 3 unspecified atom stereocenters. The molecule has 3 aliphatic rings. The lowest BCUT2D eigenvalue weighted by molar-refractivity contribution is 0.768. The Morgan fingerprint density at radius 3 is 1.67 bits per heavy atom. The lowest BCUT2D eigenvalue weighted by Crippen LogP contribution is -2.18. The molecule has 0 saturated heterocycles. The molecule has 0 N–H and O–H groups in total. The van der Waals surface area contributed by atoms with Crippen molar-refractivity contribution in [3.05, 3.63) is 277 Å². The molecular weight excluding hydrogens is 809 g/mol. The van der Waals surface area contributed by atoms with Gasteiger partial charge < -0.3 is 4.57 Å². The first kappa shape index (κ1) is 40.4. The van der Waals surface area contributed by atoms with Crippen molar-refractivity contribution in [2.75, 3.05) is 0 Å². The van der Waals surface area contributed by atoms with Crippen LogP contribution in [0.1, 0.15) is 53.4 Å². The monoisotopic (exact) mass is 858 g/mol. The Morgan fingerprint density at radius 1 is 0.493 bits per heavy atom. The largest absolute Gasteiger partial charge is 0.309 e. The maximum Gasteiger partial charge on any atom is 0.0793 e. The summed E-state index contributed by atoms with van der Waals surface area (Å²) in [4.78, 5) is 5.41. The van der Waals surface area contributed by atoms with Crippen molar-refractivity contribution in [1.29, 1.82) is 0 Å². The van der Waals surface area contributed by atoms with Gasteiger partial charge in [-0.2, -0.15) is 0 Å². The van der Waals surface area contributed by atoms with Crippen molar-refractivity contribution in [2.24, 2.45) is 4.99 Å². The SMILES string of the molecule is C1=CCC(c2c(-c3ccccc3)c(-c3ccccc3)c3c4ccc(C5C=CC(C6CC(c7ccccc7)=CC(c7ccccc7)=N6)=CC5)cc4n(-c4ccccc4)c3c2-c2ccccc2)C=C1. The van der Waals surface area contributed by atoms with E-state index in [1.807, 2.05) is 0 Å². The van der Waals surface area contributed by atoms with Gasteiger partial charge in [-0.1, -0.05) is 225 Å². The number of allylic oxidation sites excluding steroid dienone is 7. The van der Waals surface area contributed by atoms with Crippen LogP contribution in [0.5, 0.6) is 0 Å². The summed E-state index contributed by atoms with van der Waals surface area (Å²) in [6.45, 7) is 0. The van der Waals surface area contributed by atoms with Gasteiger partial charge >= 0.3 is 0 Å². The molecule has 2 heterocycles. The van der Waals surface area contributed by atoms with Crippen LogP contribution in [-0.2, 0) is 0 Å². The molecule has 2 heteroatoms. The smallest absolute Gasteiger partial charge is 0.0793 e. The van der Waals surface area contributed by atoms with E-state index in [-0.39, 0.29) is 17.9 Å². The van der Waals surface area contributed by atoms with Crippen LogP contribution in [-0.4, -0.2) is 16.3 Å². The van der Waals surface area contributed by atoms with Gasteiger partial charge in [-0.25, -0.2) is 0 Å². The van der Waals surface area contributed by atoms with Gasteiger partial charge in [0.05, 0.1) is 22.8 Å². The second kappa shape index (κ2) is 17.7. The molecule has 320 valence electrons. The molecule has 12 rings (SSSR count). The Morgan fingerprint density at radius 2 is 1.07 bits per heavy atom. The van der Waals surface area contributed by atoms with Crippen molar-refractivity contribution in [2.45, 2.75) is 37.1 Å². The first-order valence-corrected chi connectivity index (χ1v) is 23.8. The van der Waals surface area contributed by atoms with E-state index in [0.29, 0.717) is 0 Å². The first-order chi connectivity index (χ1) is 33.3. The molecule has 0 amide bonds.